The number of benzene rings is 1. The quantitative estimate of drug-likeness (QED) is 0.417. The van der Waals surface area contributed by atoms with E-state index in [-0.39, 0.29) is 41.6 Å². The number of ether oxygens (including phenoxy) is 1. The molecule has 0 bridgehead atoms. The van der Waals surface area contributed by atoms with Crippen LogP contribution in [0, 0.1) is 12.8 Å². The Morgan fingerprint density at radius 2 is 1.89 bits per heavy atom. The normalized spacial score (nSPS) is 20.9. The summed E-state index contributed by atoms with van der Waals surface area (Å²) < 4.78 is 7.75. The molecule has 3 N–H and O–H groups in total. The molecule has 1 saturated carbocycles. The van der Waals surface area contributed by atoms with Crippen LogP contribution in [0.3, 0.4) is 0 Å². The van der Waals surface area contributed by atoms with Crippen molar-refractivity contribution >= 4 is 11.7 Å². The first-order valence-electron chi connectivity index (χ1n) is 12.6. The molecule has 5 rings (SSSR count). The molecule has 9 heteroatoms. The fourth-order valence-corrected chi connectivity index (χ4v) is 5.64. The van der Waals surface area contributed by atoms with E-state index in [1.54, 1.807) is 16.9 Å². The van der Waals surface area contributed by atoms with E-state index in [9.17, 15) is 20.1 Å². The van der Waals surface area contributed by atoms with Crippen molar-refractivity contribution < 1.29 is 24.9 Å². The van der Waals surface area contributed by atoms with Crippen molar-refractivity contribution in [3.8, 4) is 11.5 Å². The maximum absolute atomic E-state index is 13.3. The summed E-state index contributed by atoms with van der Waals surface area (Å²) in [4.78, 5) is 21.9. The zero-order valence-corrected chi connectivity index (χ0v) is 20.7. The SMILES string of the molecule is CCc1cc(CCC2(C3CCCC3)CC(O)=C(Cc3nc4ncc(C)cn4n3)C(=O)O2)c(O)cc1O. The van der Waals surface area contributed by atoms with Gasteiger partial charge in [0, 0.05) is 31.3 Å². The number of hydrogen-bond acceptors (Lipinski definition) is 8. The van der Waals surface area contributed by atoms with Gasteiger partial charge in [0.15, 0.2) is 5.82 Å². The van der Waals surface area contributed by atoms with Crippen molar-refractivity contribution in [1.29, 1.82) is 0 Å². The average molecular weight is 493 g/mol. The largest absolute Gasteiger partial charge is 0.512 e. The van der Waals surface area contributed by atoms with Crippen molar-refractivity contribution in [2.75, 3.05) is 0 Å². The van der Waals surface area contributed by atoms with Gasteiger partial charge in [-0.2, -0.15) is 4.98 Å². The highest BCUT2D eigenvalue weighted by molar-refractivity contribution is 5.90. The first-order valence-corrected chi connectivity index (χ1v) is 12.6. The second kappa shape index (κ2) is 9.44. The van der Waals surface area contributed by atoms with Gasteiger partial charge >= 0.3 is 5.97 Å². The summed E-state index contributed by atoms with van der Waals surface area (Å²) in [6.45, 7) is 3.85. The smallest absolute Gasteiger partial charge is 0.338 e. The molecule has 1 aromatic carbocycles. The highest BCUT2D eigenvalue weighted by Gasteiger charge is 2.48. The zero-order chi connectivity index (χ0) is 25.4. The summed E-state index contributed by atoms with van der Waals surface area (Å²) in [5.41, 5.74) is 1.72. The van der Waals surface area contributed by atoms with E-state index in [1.807, 2.05) is 19.9 Å². The lowest BCUT2D eigenvalue weighted by molar-refractivity contribution is -0.167. The van der Waals surface area contributed by atoms with Gasteiger partial charge in [-0.05, 0) is 67.7 Å². The van der Waals surface area contributed by atoms with Crippen LogP contribution >= 0.6 is 0 Å². The Hall–Kier alpha value is -3.62. The van der Waals surface area contributed by atoms with E-state index in [2.05, 4.69) is 15.1 Å². The first kappa shape index (κ1) is 24.1. The molecule has 1 fully saturated rings. The number of carbonyl (C=O) groups is 1. The molecule has 0 saturated heterocycles. The monoisotopic (exact) mass is 492 g/mol. The summed E-state index contributed by atoms with van der Waals surface area (Å²) in [6.07, 6.45) is 9.34. The molecule has 3 aromatic rings. The number of esters is 1. The fraction of sp³-hybridized carbons (Fsp3) is 0.481. The van der Waals surface area contributed by atoms with Crippen LogP contribution < -0.4 is 0 Å². The van der Waals surface area contributed by atoms with E-state index >= 15 is 0 Å². The van der Waals surface area contributed by atoms with Crippen LogP contribution in [0.15, 0.2) is 35.9 Å². The molecule has 36 heavy (non-hydrogen) atoms. The second-order valence-electron chi connectivity index (χ2n) is 10.1. The van der Waals surface area contributed by atoms with Crippen LogP contribution in [0.5, 0.6) is 11.5 Å². The number of aromatic hydroxyl groups is 2. The third-order valence-electron chi connectivity index (χ3n) is 7.64. The number of phenols is 2. The number of phenolic OH excluding ortho intramolecular Hbond substituents is 2. The Morgan fingerprint density at radius 3 is 2.61 bits per heavy atom. The molecule has 2 aliphatic rings. The zero-order valence-electron chi connectivity index (χ0n) is 20.7. The molecular weight excluding hydrogens is 460 g/mol. The third-order valence-corrected chi connectivity index (χ3v) is 7.64. The molecule has 190 valence electrons. The predicted molar refractivity (Wildman–Crippen MR) is 132 cm³/mol. The van der Waals surface area contributed by atoms with Gasteiger partial charge in [-0.3, -0.25) is 0 Å². The molecular formula is C27H32N4O5. The van der Waals surface area contributed by atoms with Crippen LogP contribution in [0.4, 0.5) is 0 Å². The van der Waals surface area contributed by atoms with E-state index in [4.69, 9.17) is 4.74 Å². The highest BCUT2D eigenvalue weighted by Crippen LogP contribution is 2.46. The number of fused-ring (bicyclic) bond motifs is 1. The highest BCUT2D eigenvalue weighted by atomic mass is 16.6. The number of aliphatic hydroxyl groups is 1. The molecule has 0 amide bonds. The van der Waals surface area contributed by atoms with Crippen molar-refractivity contribution in [2.24, 2.45) is 5.92 Å². The maximum Gasteiger partial charge on any atom is 0.338 e. The van der Waals surface area contributed by atoms with Crippen LogP contribution in [-0.2, 0) is 28.8 Å². The van der Waals surface area contributed by atoms with Gasteiger partial charge in [-0.1, -0.05) is 19.8 Å². The number of aliphatic hydroxyl groups excluding tert-OH is 1. The third kappa shape index (κ3) is 4.50. The lowest BCUT2D eigenvalue weighted by Gasteiger charge is -2.41. The van der Waals surface area contributed by atoms with Crippen LogP contribution in [0.2, 0.25) is 0 Å². The first-order chi connectivity index (χ1) is 17.3. The molecule has 1 aliphatic carbocycles. The number of hydrogen-bond donors (Lipinski definition) is 3. The molecule has 2 aromatic heterocycles. The summed E-state index contributed by atoms with van der Waals surface area (Å²) in [6, 6.07) is 3.18. The van der Waals surface area contributed by atoms with E-state index in [1.165, 1.54) is 6.07 Å². The predicted octanol–water partition coefficient (Wildman–Crippen LogP) is 4.27. The number of nitrogens with zero attached hydrogens (tertiary/aromatic N) is 4. The van der Waals surface area contributed by atoms with Gasteiger partial charge < -0.3 is 20.1 Å². The lowest BCUT2D eigenvalue weighted by atomic mass is 9.76. The Kier molecular flexibility index (Phi) is 6.32. The van der Waals surface area contributed by atoms with Crippen molar-refractivity contribution in [3.05, 3.63) is 58.4 Å². The Bertz CT molecular complexity index is 1340. The molecule has 9 nitrogen and oxygen atoms in total. The number of carbonyl (C=O) groups excluding carboxylic acids is 1. The van der Waals surface area contributed by atoms with E-state index < -0.39 is 11.6 Å². The van der Waals surface area contributed by atoms with Gasteiger partial charge in [0.25, 0.3) is 5.78 Å². The topological polar surface area (TPSA) is 130 Å². The minimum atomic E-state index is -0.844. The van der Waals surface area contributed by atoms with Crippen LogP contribution in [-0.4, -0.2) is 46.5 Å². The van der Waals surface area contributed by atoms with Gasteiger partial charge in [-0.15, -0.1) is 5.10 Å². The lowest BCUT2D eigenvalue weighted by Crippen LogP contribution is -2.46. The number of rotatable bonds is 7. The number of aryl methyl sites for hydroxylation is 3. The Morgan fingerprint density at radius 1 is 1.14 bits per heavy atom. The Balaban J connectivity index is 1.41. The summed E-state index contributed by atoms with van der Waals surface area (Å²) >= 11 is 0. The molecule has 1 atom stereocenters. The summed E-state index contributed by atoms with van der Waals surface area (Å²) in [5.74, 6) is 0.528. The van der Waals surface area contributed by atoms with E-state index in [0.29, 0.717) is 36.4 Å². The fourth-order valence-electron chi connectivity index (χ4n) is 5.64. The summed E-state index contributed by atoms with van der Waals surface area (Å²) in [7, 11) is 0. The van der Waals surface area contributed by atoms with Crippen LogP contribution in [0.1, 0.15) is 68.0 Å². The minimum absolute atomic E-state index is 0.0188. The molecule has 1 unspecified atom stereocenters. The number of aromatic nitrogens is 4. The summed E-state index contributed by atoms with van der Waals surface area (Å²) in [5, 5.41) is 36.0. The van der Waals surface area contributed by atoms with Gasteiger partial charge in [0.05, 0.1) is 5.57 Å². The molecule has 0 spiro atoms. The van der Waals surface area contributed by atoms with Gasteiger partial charge in [0.2, 0.25) is 0 Å². The Labute approximate surface area is 209 Å². The maximum atomic E-state index is 13.3. The molecule has 3 heterocycles. The van der Waals surface area contributed by atoms with Crippen LogP contribution in [0.25, 0.3) is 5.78 Å². The number of cyclic esters (lactones) is 1. The van der Waals surface area contributed by atoms with Crippen molar-refractivity contribution in [1.82, 2.24) is 19.6 Å². The molecule has 1 aliphatic heterocycles. The minimum Gasteiger partial charge on any atom is -0.512 e. The van der Waals surface area contributed by atoms with Crippen molar-refractivity contribution in [2.45, 2.75) is 77.2 Å². The van der Waals surface area contributed by atoms with Gasteiger partial charge in [-0.25, -0.2) is 14.3 Å². The average Bonchev–Trinajstić information content (AvgIpc) is 3.51. The molecule has 0 radical (unpaired) electrons. The van der Waals surface area contributed by atoms with Crippen molar-refractivity contribution in [3.63, 3.8) is 0 Å². The second-order valence-corrected chi connectivity index (χ2v) is 10.1. The van der Waals surface area contributed by atoms with E-state index in [0.717, 1.165) is 36.8 Å². The standard InChI is InChI=1S/C27H32N4O5/c1-3-17-10-18(22(33)12-21(17)32)8-9-27(19-6-4-5-7-19)13-23(34)20(25(35)36-27)11-24-29-26-28-14-16(2)15-31(26)30-24/h10,12,14-15,19,32-34H,3-9,11,13H2,1-2H3. The van der Waals surface area contributed by atoms with Gasteiger partial charge in [0.1, 0.15) is 22.9 Å².